The molecule has 3 rings (SSSR count). The number of nitrogens with one attached hydrogen (secondary N) is 1. The second-order valence-electron chi connectivity index (χ2n) is 7.22. The fourth-order valence-corrected chi connectivity index (χ4v) is 3.70. The minimum absolute atomic E-state index is 0.0341. The van der Waals surface area contributed by atoms with Crippen molar-refractivity contribution in [1.82, 2.24) is 5.32 Å². The molecule has 1 aromatic heterocycles. The van der Waals surface area contributed by atoms with Crippen molar-refractivity contribution in [3.05, 3.63) is 40.2 Å². The summed E-state index contributed by atoms with van der Waals surface area (Å²) in [6.45, 7) is 4.22. The molecule has 2 aromatic rings. The molecule has 1 saturated carbocycles. The average molecular weight is 357 g/mol. The minimum atomic E-state index is -0.359. The van der Waals surface area contributed by atoms with E-state index in [1.165, 1.54) is 12.8 Å². The molecule has 1 aliphatic carbocycles. The number of ether oxygens (including phenoxy) is 1. The number of hydrogen-bond donors (Lipinski definition) is 1. The van der Waals surface area contributed by atoms with Crippen LogP contribution in [-0.4, -0.2) is 18.6 Å². The van der Waals surface area contributed by atoms with E-state index in [1.807, 2.05) is 12.1 Å². The molecule has 1 fully saturated rings. The van der Waals surface area contributed by atoms with E-state index in [0.717, 1.165) is 36.6 Å². The lowest BCUT2D eigenvalue weighted by atomic mass is 9.86. The van der Waals surface area contributed by atoms with Crippen molar-refractivity contribution in [3.8, 4) is 5.75 Å². The Hall–Kier alpha value is -2.30. The molecular formula is C21H27NO4. The molecule has 1 amide bonds. The van der Waals surface area contributed by atoms with Crippen molar-refractivity contribution in [2.45, 2.75) is 58.4 Å². The number of hydrogen-bond acceptors (Lipinski definition) is 4. The van der Waals surface area contributed by atoms with Crippen LogP contribution in [0.25, 0.3) is 11.0 Å². The predicted octanol–water partition coefficient (Wildman–Crippen LogP) is 3.82. The molecule has 5 heteroatoms. The van der Waals surface area contributed by atoms with Gasteiger partial charge in [-0.2, -0.15) is 0 Å². The van der Waals surface area contributed by atoms with Crippen LogP contribution in [-0.2, 0) is 11.2 Å². The molecule has 1 heterocycles. The summed E-state index contributed by atoms with van der Waals surface area (Å²) in [7, 11) is 0. The van der Waals surface area contributed by atoms with Crippen molar-refractivity contribution >= 4 is 16.9 Å². The van der Waals surface area contributed by atoms with Crippen LogP contribution in [0.3, 0.4) is 0 Å². The molecule has 5 nitrogen and oxygen atoms in total. The first-order valence-electron chi connectivity index (χ1n) is 9.55. The first kappa shape index (κ1) is 18.5. The lowest BCUT2D eigenvalue weighted by Gasteiger charge is -2.29. The zero-order valence-corrected chi connectivity index (χ0v) is 15.5. The van der Waals surface area contributed by atoms with E-state index in [4.69, 9.17) is 9.15 Å². The van der Waals surface area contributed by atoms with E-state index in [1.54, 1.807) is 12.1 Å². The van der Waals surface area contributed by atoms with Gasteiger partial charge >= 0.3 is 5.63 Å². The van der Waals surface area contributed by atoms with Gasteiger partial charge in [-0.05, 0) is 42.9 Å². The lowest BCUT2D eigenvalue weighted by molar-refractivity contribution is -0.124. The maximum absolute atomic E-state index is 12.2. The Morgan fingerprint density at radius 1 is 1.27 bits per heavy atom. The van der Waals surface area contributed by atoms with Gasteiger partial charge in [0, 0.05) is 23.6 Å². The largest absolute Gasteiger partial charge is 0.484 e. The molecule has 0 spiro atoms. The molecule has 1 aliphatic rings. The van der Waals surface area contributed by atoms with E-state index in [2.05, 4.69) is 19.2 Å². The fourth-order valence-electron chi connectivity index (χ4n) is 3.70. The monoisotopic (exact) mass is 357 g/mol. The van der Waals surface area contributed by atoms with Crippen LogP contribution >= 0.6 is 0 Å². The van der Waals surface area contributed by atoms with Gasteiger partial charge < -0.3 is 14.5 Å². The van der Waals surface area contributed by atoms with Crippen LogP contribution in [0.15, 0.2) is 33.5 Å². The average Bonchev–Trinajstić information content (AvgIpc) is 2.62. The summed E-state index contributed by atoms with van der Waals surface area (Å²) < 4.78 is 10.9. The van der Waals surface area contributed by atoms with Crippen LogP contribution in [0.4, 0.5) is 0 Å². The number of benzene rings is 1. The van der Waals surface area contributed by atoms with Crippen molar-refractivity contribution in [2.24, 2.45) is 5.92 Å². The maximum Gasteiger partial charge on any atom is 0.336 e. The van der Waals surface area contributed by atoms with Gasteiger partial charge in [-0.25, -0.2) is 4.79 Å². The Labute approximate surface area is 153 Å². The number of rotatable bonds is 6. The number of amides is 1. The summed E-state index contributed by atoms with van der Waals surface area (Å²) in [5.74, 6) is 0.936. The molecule has 0 aliphatic heterocycles. The van der Waals surface area contributed by atoms with Gasteiger partial charge in [0.25, 0.3) is 5.91 Å². The second-order valence-corrected chi connectivity index (χ2v) is 7.22. The predicted molar refractivity (Wildman–Crippen MR) is 102 cm³/mol. The maximum atomic E-state index is 12.2. The molecule has 26 heavy (non-hydrogen) atoms. The fraction of sp³-hybridized carbons (Fsp3) is 0.524. The molecule has 1 N–H and O–H groups in total. The highest BCUT2D eigenvalue weighted by atomic mass is 16.5. The molecule has 2 atom stereocenters. The lowest BCUT2D eigenvalue weighted by Crippen LogP contribution is -2.43. The van der Waals surface area contributed by atoms with E-state index in [-0.39, 0.29) is 24.2 Å². The van der Waals surface area contributed by atoms with Gasteiger partial charge in [0.2, 0.25) is 0 Å². The number of carbonyl (C=O) groups is 1. The molecule has 0 bridgehead atoms. The number of carbonyl (C=O) groups excluding carboxylic acids is 1. The highest BCUT2D eigenvalue weighted by Crippen LogP contribution is 2.25. The van der Waals surface area contributed by atoms with Gasteiger partial charge in [-0.1, -0.05) is 33.1 Å². The van der Waals surface area contributed by atoms with Gasteiger partial charge in [-0.15, -0.1) is 0 Å². The van der Waals surface area contributed by atoms with Crippen LogP contribution in [0.1, 0.15) is 51.5 Å². The van der Waals surface area contributed by atoms with E-state index in [0.29, 0.717) is 17.3 Å². The molecule has 0 saturated heterocycles. The van der Waals surface area contributed by atoms with E-state index >= 15 is 0 Å². The second kappa shape index (κ2) is 8.39. The zero-order chi connectivity index (χ0) is 18.5. The first-order chi connectivity index (χ1) is 12.6. The highest BCUT2D eigenvalue weighted by Gasteiger charge is 2.22. The Balaban J connectivity index is 1.65. The third kappa shape index (κ3) is 4.45. The van der Waals surface area contributed by atoms with Crippen molar-refractivity contribution in [2.75, 3.05) is 6.61 Å². The summed E-state index contributed by atoms with van der Waals surface area (Å²) in [5.41, 5.74) is 1.12. The molecule has 140 valence electrons. The molecular weight excluding hydrogens is 330 g/mol. The topological polar surface area (TPSA) is 68.5 Å². The van der Waals surface area contributed by atoms with Gasteiger partial charge in [0.1, 0.15) is 11.3 Å². The Morgan fingerprint density at radius 2 is 2.08 bits per heavy atom. The number of fused-ring (bicyclic) bond motifs is 1. The Bertz CT molecular complexity index is 826. The van der Waals surface area contributed by atoms with Crippen LogP contribution < -0.4 is 15.7 Å². The summed E-state index contributed by atoms with van der Waals surface area (Å²) in [6, 6.07) is 7.18. The Kier molecular flexibility index (Phi) is 5.96. The van der Waals surface area contributed by atoms with Crippen molar-refractivity contribution < 1.29 is 13.9 Å². The third-order valence-corrected chi connectivity index (χ3v) is 5.15. The molecule has 0 radical (unpaired) electrons. The van der Waals surface area contributed by atoms with Gasteiger partial charge in [0.05, 0.1) is 0 Å². The van der Waals surface area contributed by atoms with Crippen LogP contribution in [0.5, 0.6) is 5.75 Å². The standard InChI is InChI=1S/C21H27NO4/c1-3-6-15-11-21(24)26-19-12-16(9-10-17(15)19)25-13-20(23)22-18-8-5-4-7-14(18)2/h9-12,14,18H,3-8,13H2,1-2H3,(H,22,23)/t14-,18+/m0/s1. The summed E-state index contributed by atoms with van der Waals surface area (Å²) in [6.07, 6.45) is 6.39. The smallest absolute Gasteiger partial charge is 0.336 e. The normalized spacial score (nSPS) is 20.1. The quantitative estimate of drug-likeness (QED) is 0.798. The Morgan fingerprint density at radius 3 is 2.85 bits per heavy atom. The molecule has 1 aromatic carbocycles. The van der Waals surface area contributed by atoms with Gasteiger partial charge in [0.15, 0.2) is 6.61 Å². The third-order valence-electron chi connectivity index (χ3n) is 5.15. The van der Waals surface area contributed by atoms with Crippen LogP contribution in [0, 0.1) is 5.92 Å². The zero-order valence-electron chi connectivity index (χ0n) is 15.5. The SMILES string of the molecule is CCCc1cc(=O)oc2cc(OCC(=O)N[C@@H]3CCCC[C@@H]3C)ccc12. The molecule has 0 unspecified atom stereocenters. The van der Waals surface area contributed by atoms with E-state index in [9.17, 15) is 9.59 Å². The van der Waals surface area contributed by atoms with Crippen molar-refractivity contribution in [1.29, 1.82) is 0 Å². The summed E-state index contributed by atoms with van der Waals surface area (Å²) in [5, 5.41) is 3.99. The van der Waals surface area contributed by atoms with Gasteiger partial charge in [-0.3, -0.25) is 4.79 Å². The number of aryl methyl sites for hydroxylation is 1. The minimum Gasteiger partial charge on any atom is -0.484 e. The van der Waals surface area contributed by atoms with Crippen molar-refractivity contribution in [3.63, 3.8) is 0 Å². The van der Waals surface area contributed by atoms with Crippen LogP contribution in [0.2, 0.25) is 0 Å². The van der Waals surface area contributed by atoms with E-state index < -0.39 is 0 Å². The summed E-state index contributed by atoms with van der Waals surface area (Å²) >= 11 is 0. The first-order valence-corrected chi connectivity index (χ1v) is 9.55. The highest BCUT2D eigenvalue weighted by molar-refractivity contribution is 5.82. The summed E-state index contributed by atoms with van der Waals surface area (Å²) in [4.78, 5) is 23.9.